The number of carbonyl (C=O) groups excluding carboxylic acids is 1. The topological polar surface area (TPSA) is 46.4 Å². The molecular formula is C22H18ClN3O. The molecule has 0 atom stereocenters. The first-order valence-corrected chi connectivity index (χ1v) is 9.02. The van der Waals surface area contributed by atoms with Crippen molar-refractivity contribution in [2.45, 2.75) is 13.8 Å². The summed E-state index contributed by atoms with van der Waals surface area (Å²) < 4.78 is 1.91. The molecule has 4 rings (SSSR count). The third-order valence-electron chi connectivity index (χ3n) is 4.41. The minimum atomic E-state index is -0.228. The van der Waals surface area contributed by atoms with Crippen molar-refractivity contribution in [1.82, 2.24) is 9.38 Å². The number of aryl methyl sites for hydroxylation is 2. The lowest BCUT2D eigenvalue weighted by Gasteiger charge is -2.09. The van der Waals surface area contributed by atoms with Crippen molar-refractivity contribution in [2.75, 3.05) is 5.32 Å². The molecule has 1 amide bonds. The molecule has 4 aromatic rings. The first kappa shape index (κ1) is 17.3. The van der Waals surface area contributed by atoms with Crippen LogP contribution in [0, 0.1) is 13.8 Å². The highest BCUT2D eigenvalue weighted by Gasteiger charge is 2.17. The second kappa shape index (κ2) is 6.89. The molecule has 27 heavy (non-hydrogen) atoms. The zero-order valence-electron chi connectivity index (χ0n) is 15.0. The van der Waals surface area contributed by atoms with E-state index in [1.807, 2.05) is 60.8 Å². The van der Waals surface area contributed by atoms with E-state index in [2.05, 4.69) is 5.32 Å². The van der Waals surface area contributed by atoms with Gasteiger partial charge in [0.25, 0.3) is 5.91 Å². The molecule has 0 saturated carbocycles. The van der Waals surface area contributed by atoms with Crippen molar-refractivity contribution in [3.8, 4) is 11.3 Å². The third kappa shape index (κ3) is 3.44. The van der Waals surface area contributed by atoms with Crippen LogP contribution >= 0.6 is 11.6 Å². The summed E-state index contributed by atoms with van der Waals surface area (Å²) >= 11 is 6.03. The molecule has 0 saturated heterocycles. The molecule has 0 aliphatic heterocycles. The molecule has 0 aliphatic carbocycles. The summed E-state index contributed by atoms with van der Waals surface area (Å²) in [4.78, 5) is 17.6. The Balaban J connectivity index is 1.84. The van der Waals surface area contributed by atoms with E-state index in [9.17, 15) is 4.79 Å². The molecule has 2 heterocycles. The summed E-state index contributed by atoms with van der Waals surface area (Å²) in [6.07, 6.45) is 1.97. The predicted molar refractivity (Wildman–Crippen MR) is 110 cm³/mol. The van der Waals surface area contributed by atoms with Crippen molar-refractivity contribution < 1.29 is 4.79 Å². The Labute approximate surface area is 162 Å². The lowest BCUT2D eigenvalue weighted by molar-refractivity contribution is 0.102. The van der Waals surface area contributed by atoms with Gasteiger partial charge in [-0.3, -0.25) is 9.20 Å². The van der Waals surface area contributed by atoms with Crippen LogP contribution in [0.25, 0.3) is 16.9 Å². The summed E-state index contributed by atoms with van der Waals surface area (Å²) in [6, 6.07) is 18.9. The number of nitrogens with one attached hydrogen (secondary N) is 1. The number of carbonyl (C=O) groups is 1. The molecule has 1 N–H and O–H groups in total. The van der Waals surface area contributed by atoms with Crippen molar-refractivity contribution in [2.24, 2.45) is 0 Å². The summed E-state index contributed by atoms with van der Waals surface area (Å²) in [5.74, 6) is 0.414. The SMILES string of the molecule is Cc1ccc(-c2nc3ccc(C)cn3c2NC(=O)c2cccc(Cl)c2)cc1. The Morgan fingerprint density at radius 3 is 2.48 bits per heavy atom. The average molecular weight is 376 g/mol. The lowest BCUT2D eigenvalue weighted by atomic mass is 10.1. The monoisotopic (exact) mass is 375 g/mol. The van der Waals surface area contributed by atoms with Crippen LogP contribution in [0.4, 0.5) is 5.82 Å². The van der Waals surface area contributed by atoms with E-state index in [1.165, 1.54) is 5.56 Å². The number of amides is 1. The number of aromatic nitrogens is 2. The molecule has 2 aromatic carbocycles. The third-order valence-corrected chi connectivity index (χ3v) is 4.65. The molecule has 0 aliphatic rings. The molecule has 0 unspecified atom stereocenters. The molecule has 0 bridgehead atoms. The second-order valence-corrected chi connectivity index (χ2v) is 7.01. The van der Waals surface area contributed by atoms with Crippen LogP contribution < -0.4 is 5.32 Å². The Kier molecular flexibility index (Phi) is 4.42. The average Bonchev–Trinajstić information content (AvgIpc) is 3.00. The minimum absolute atomic E-state index is 0.228. The van der Waals surface area contributed by atoms with E-state index < -0.39 is 0 Å². The predicted octanol–water partition coefficient (Wildman–Crippen LogP) is 5.52. The van der Waals surface area contributed by atoms with Crippen LogP contribution in [-0.4, -0.2) is 15.3 Å². The van der Waals surface area contributed by atoms with Gasteiger partial charge >= 0.3 is 0 Å². The Bertz CT molecular complexity index is 1150. The highest BCUT2D eigenvalue weighted by atomic mass is 35.5. The maximum absolute atomic E-state index is 12.8. The number of benzene rings is 2. The summed E-state index contributed by atoms with van der Waals surface area (Å²) in [5.41, 5.74) is 5.20. The van der Waals surface area contributed by atoms with Crippen LogP contribution in [0.2, 0.25) is 5.02 Å². The Morgan fingerprint density at radius 1 is 1.00 bits per heavy atom. The zero-order valence-corrected chi connectivity index (χ0v) is 15.8. The van der Waals surface area contributed by atoms with Gasteiger partial charge in [0.1, 0.15) is 17.2 Å². The molecule has 4 nitrogen and oxygen atoms in total. The standard InChI is InChI=1S/C22H18ClN3O/c1-14-6-9-16(10-7-14)20-21(26-13-15(2)8-11-19(26)24-20)25-22(27)17-4-3-5-18(23)12-17/h3-13H,1-2H3,(H,25,27). The molecule has 2 aromatic heterocycles. The zero-order chi connectivity index (χ0) is 19.0. The van der Waals surface area contributed by atoms with Gasteiger partial charge in [0.2, 0.25) is 0 Å². The second-order valence-electron chi connectivity index (χ2n) is 6.57. The van der Waals surface area contributed by atoms with Gasteiger partial charge in [0.15, 0.2) is 0 Å². The first-order chi connectivity index (χ1) is 13.0. The molecule has 0 fully saturated rings. The van der Waals surface area contributed by atoms with Gasteiger partial charge in [-0.25, -0.2) is 4.98 Å². The van der Waals surface area contributed by atoms with E-state index in [4.69, 9.17) is 16.6 Å². The lowest BCUT2D eigenvalue weighted by Crippen LogP contribution is -2.14. The molecular weight excluding hydrogens is 358 g/mol. The van der Waals surface area contributed by atoms with Crippen LogP contribution in [0.5, 0.6) is 0 Å². The number of halogens is 1. The van der Waals surface area contributed by atoms with Gasteiger partial charge < -0.3 is 5.32 Å². The van der Waals surface area contributed by atoms with Gasteiger partial charge in [-0.2, -0.15) is 0 Å². The summed E-state index contributed by atoms with van der Waals surface area (Å²) in [5, 5.41) is 3.54. The molecule has 134 valence electrons. The smallest absolute Gasteiger partial charge is 0.256 e. The molecule has 0 radical (unpaired) electrons. The van der Waals surface area contributed by atoms with Crippen LogP contribution in [-0.2, 0) is 0 Å². The van der Waals surface area contributed by atoms with Crippen LogP contribution in [0.1, 0.15) is 21.5 Å². The number of nitrogens with zero attached hydrogens (tertiary/aromatic N) is 2. The van der Waals surface area contributed by atoms with Crippen molar-refractivity contribution >= 4 is 29.0 Å². The van der Waals surface area contributed by atoms with Gasteiger partial charge in [0, 0.05) is 22.3 Å². The number of anilines is 1. The number of rotatable bonds is 3. The maximum Gasteiger partial charge on any atom is 0.256 e. The van der Waals surface area contributed by atoms with E-state index >= 15 is 0 Å². The van der Waals surface area contributed by atoms with Gasteiger partial charge in [-0.1, -0.05) is 53.6 Å². The Hall–Kier alpha value is -3.11. The van der Waals surface area contributed by atoms with E-state index in [0.29, 0.717) is 16.4 Å². The number of hydrogen-bond acceptors (Lipinski definition) is 2. The molecule has 0 spiro atoms. The summed E-state index contributed by atoms with van der Waals surface area (Å²) in [7, 11) is 0. The first-order valence-electron chi connectivity index (χ1n) is 8.64. The Morgan fingerprint density at radius 2 is 1.74 bits per heavy atom. The van der Waals surface area contributed by atoms with Crippen LogP contribution in [0.15, 0.2) is 66.9 Å². The highest BCUT2D eigenvalue weighted by molar-refractivity contribution is 6.31. The number of hydrogen-bond donors (Lipinski definition) is 1. The fraction of sp³-hybridized carbons (Fsp3) is 0.0909. The van der Waals surface area contributed by atoms with Crippen LogP contribution in [0.3, 0.4) is 0 Å². The minimum Gasteiger partial charge on any atom is -0.306 e. The van der Waals surface area contributed by atoms with E-state index in [0.717, 1.165) is 22.5 Å². The highest BCUT2D eigenvalue weighted by Crippen LogP contribution is 2.30. The fourth-order valence-electron chi connectivity index (χ4n) is 2.99. The summed E-state index contributed by atoms with van der Waals surface area (Å²) in [6.45, 7) is 4.05. The molecule has 5 heteroatoms. The van der Waals surface area contributed by atoms with Crippen molar-refractivity contribution in [3.05, 3.63) is 88.6 Å². The van der Waals surface area contributed by atoms with Crippen molar-refractivity contribution in [1.29, 1.82) is 0 Å². The number of pyridine rings is 1. The van der Waals surface area contributed by atoms with Gasteiger partial charge in [-0.15, -0.1) is 0 Å². The van der Waals surface area contributed by atoms with Gasteiger partial charge in [0.05, 0.1) is 0 Å². The largest absolute Gasteiger partial charge is 0.306 e. The maximum atomic E-state index is 12.8. The number of imidazole rings is 1. The van der Waals surface area contributed by atoms with E-state index in [1.54, 1.807) is 24.3 Å². The normalized spacial score (nSPS) is 10.9. The number of fused-ring (bicyclic) bond motifs is 1. The van der Waals surface area contributed by atoms with Crippen molar-refractivity contribution in [3.63, 3.8) is 0 Å². The van der Waals surface area contributed by atoms with Gasteiger partial charge in [-0.05, 0) is 43.7 Å². The van der Waals surface area contributed by atoms with E-state index in [-0.39, 0.29) is 5.91 Å². The quantitative estimate of drug-likeness (QED) is 0.512. The fourth-order valence-corrected chi connectivity index (χ4v) is 3.18.